The molecule has 1 N–H and O–H groups in total. The number of ether oxygens (including phenoxy) is 2. The molecule has 166 valence electrons. The van der Waals surface area contributed by atoms with Gasteiger partial charge < -0.3 is 14.6 Å². The van der Waals surface area contributed by atoms with Crippen molar-refractivity contribution in [1.82, 2.24) is 0 Å². The van der Waals surface area contributed by atoms with Crippen LogP contribution in [0.2, 0.25) is 10.0 Å². The van der Waals surface area contributed by atoms with Crippen LogP contribution < -0.4 is 4.74 Å². The second-order valence-electron chi connectivity index (χ2n) is 7.19. The third-order valence-electron chi connectivity index (χ3n) is 4.68. The van der Waals surface area contributed by atoms with E-state index in [0.29, 0.717) is 44.5 Å². The van der Waals surface area contributed by atoms with E-state index >= 15 is 0 Å². The number of aromatic hydroxyl groups is 1. The van der Waals surface area contributed by atoms with Crippen molar-refractivity contribution in [2.45, 2.75) is 20.3 Å². The molecule has 32 heavy (non-hydrogen) atoms. The molecule has 0 saturated carbocycles. The summed E-state index contributed by atoms with van der Waals surface area (Å²) in [5, 5.41) is 11.2. The molecule has 0 radical (unpaired) electrons. The number of esters is 1. The zero-order chi connectivity index (χ0) is 23.3. The Bertz CT molecular complexity index is 1130. The maximum absolute atomic E-state index is 12.1. The van der Waals surface area contributed by atoms with Crippen LogP contribution in [0.5, 0.6) is 11.5 Å². The molecule has 0 fully saturated rings. The van der Waals surface area contributed by atoms with Gasteiger partial charge in [-0.15, -0.1) is 0 Å². The van der Waals surface area contributed by atoms with Crippen molar-refractivity contribution in [2.24, 2.45) is 0 Å². The average Bonchev–Trinajstić information content (AvgIpc) is 2.76. The van der Waals surface area contributed by atoms with E-state index in [2.05, 4.69) is 0 Å². The zero-order valence-corrected chi connectivity index (χ0v) is 19.2. The Kier molecular flexibility index (Phi) is 7.78. The first kappa shape index (κ1) is 23.6. The van der Waals surface area contributed by atoms with Crippen molar-refractivity contribution in [2.75, 3.05) is 13.2 Å². The predicted octanol–water partition coefficient (Wildman–Crippen LogP) is 6.10. The van der Waals surface area contributed by atoms with Crippen LogP contribution in [0.1, 0.15) is 35.3 Å². The highest BCUT2D eigenvalue weighted by atomic mass is 35.5. The Labute approximate surface area is 196 Å². The molecule has 0 spiro atoms. The van der Waals surface area contributed by atoms with Gasteiger partial charge in [-0.05, 0) is 66.9 Å². The molecule has 0 amide bonds. The molecular weight excluding hydrogens is 451 g/mol. The molecule has 0 bridgehead atoms. The number of Topliss-reactive ketones (excluding diaryl/α,β-unsaturated/α-hetero) is 1. The topological polar surface area (TPSA) is 72.8 Å². The Balaban J connectivity index is 1.89. The van der Waals surface area contributed by atoms with E-state index in [0.717, 1.165) is 5.56 Å². The van der Waals surface area contributed by atoms with E-state index in [1.807, 2.05) is 12.1 Å². The summed E-state index contributed by atoms with van der Waals surface area (Å²) in [6.45, 7) is 3.40. The van der Waals surface area contributed by atoms with Crippen molar-refractivity contribution in [3.05, 3.63) is 81.3 Å². The minimum atomic E-state index is -0.421. The molecule has 5 nitrogen and oxygen atoms in total. The maximum Gasteiger partial charge on any atom is 0.338 e. The first-order valence-electron chi connectivity index (χ1n) is 9.98. The summed E-state index contributed by atoms with van der Waals surface area (Å²) in [5.41, 5.74) is 3.21. The number of ketones is 1. The van der Waals surface area contributed by atoms with Gasteiger partial charge in [-0.1, -0.05) is 41.4 Å². The molecule has 0 aliphatic heterocycles. The van der Waals surface area contributed by atoms with Crippen LogP contribution in [0.4, 0.5) is 0 Å². The van der Waals surface area contributed by atoms with Crippen LogP contribution in [-0.4, -0.2) is 30.1 Å². The van der Waals surface area contributed by atoms with Gasteiger partial charge in [-0.2, -0.15) is 0 Å². The minimum Gasteiger partial charge on any atom is -0.507 e. The summed E-state index contributed by atoms with van der Waals surface area (Å²) < 4.78 is 10.4. The highest BCUT2D eigenvalue weighted by Gasteiger charge is 2.14. The number of phenolic OH excluding ortho intramolecular Hbond substituents is 1. The molecule has 0 heterocycles. The van der Waals surface area contributed by atoms with Crippen LogP contribution in [0, 0.1) is 0 Å². The number of halogens is 2. The quantitative estimate of drug-likeness (QED) is 0.400. The Morgan fingerprint density at radius 3 is 2.38 bits per heavy atom. The summed E-state index contributed by atoms with van der Waals surface area (Å²) in [4.78, 5) is 23.2. The second-order valence-corrected chi connectivity index (χ2v) is 8.00. The highest BCUT2D eigenvalue weighted by molar-refractivity contribution is 6.36. The zero-order valence-electron chi connectivity index (χ0n) is 17.7. The lowest BCUT2D eigenvalue weighted by atomic mass is 9.97. The molecule has 0 aliphatic rings. The lowest BCUT2D eigenvalue weighted by molar-refractivity contribution is -0.118. The van der Waals surface area contributed by atoms with Crippen molar-refractivity contribution in [3.8, 4) is 22.6 Å². The van der Waals surface area contributed by atoms with Gasteiger partial charge in [0.1, 0.15) is 18.1 Å². The molecule has 0 aromatic heterocycles. The normalized spacial score (nSPS) is 10.6. The number of rotatable bonds is 8. The van der Waals surface area contributed by atoms with E-state index in [1.54, 1.807) is 49.4 Å². The van der Waals surface area contributed by atoms with E-state index < -0.39 is 5.97 Å². The first-order valence-corrected chi connectivity index (χ1v) is 10.7. The van der Waals surface area contributed by atoms with Crippen molar-refractivity contribution in [1.29, 1.82) is 0 Å². The number of hydrogen-bond acceptors (Lipinski definition) is 5. The van der Waals surface area contributed by atoms with E-state index in [9.17, 15) is 14.7 Å². The molecule has 7 heteroatoms. The van der Waals surface area contributed by atoms with Crippen molar-refractivity contribution >= 4 is 35.0 Å². The van der Waals surface area contributed by atoms with Crippen LogP contribution in [-0.2, 0) is 16.0 Å². The Hall–Kier alpha value is -3.02. The van der Waals surface area contributed by atoms with Gasteiger partial charge in [-0.25, -0.2) is 4.79 Å². The predicted molar refractivity (Wildman–Crippen MR) is 125 cm³/mol. The summed E-state index contributed by atoms with van der Waals surface area (Å²) in [5.74, 6) is -0.0262. The van der Waals surface area contributed by atoms with Gasteiger partial charge in [0, 0.05) is 22.0 Å². The van der Waals surface area contributed by atoms with Crippen LogP contribution >= 0.6 is 23.2 Å². The molecule has 0 aliphatic carbocycles. The molecular formula is C25H22Cl2O5. The SMILES string of the molecule is CCOC(=O)c1cccc(-c2cc(Cc3c(Cl)cc(OCC(C)=O)cc3Cl)ccc2O)c1. The fourth-order valence-electron chi connectivity index (χ4n) is 3.17. The van der Waals surface area contributed by atoms with Crippen molar-refractivity contribution in [3.63, 3.8) is 0 Å². The molecule has 3 aromatic rings. The summed E-state index contributed by atoms with van der Waals surface area (Å²) in [6, 6.07) is 15.3. The van der Waals surface area contributed by atoms with Gasteiger partial charge >= 0.3 is 5.97 Å². The largest absolute Gasteiger partial charge is 0.507 e. The smallest absolute Gasteiger partial charge is 0.338 e. The van der Waals surface area contributed by atoms with Gasteiger partial charge in [0.2, 0.25) is 0 Å². The molecule has 0 unspecified atom stereocenters. The molecule has 0 atom stereocenters. The van der Waals surface area contributed by atoms with Crippen LogP contribution in [0.15, 0.2) is 54.6 Å². The van der Waals surface area contributed by atoms with E-state index in [1.165, 1.54) is 6.92 Å². The lowest BCUT2D eigenvalue weighted by Crippen LogP contribution is -2.06. The monoisotopic (exact) mass is 472 g/mol. The molecule has 3 aromatic carbocycles. The fourth-order valence-corrected chi connectivity index (χ4v) is 3.77. The van der Waals surface area contributed by atoms with Crippen LogP contribution in [0.3, 0.4) is 0 Å². The fraction of sp³-hybridized carbons (Fsp3) is 0.200. The number of carbonyl (C=O) groups is 2. The average molecular weight is 473 g/mol. The lowest BCUT2D eigenvalue weighted by Gasteiger charge is -2.13. The summed E-state index contributed by atoms with van der Waals surface area (Å²) in [7, 11) is 0. The number of hydrogen-bond donors (Lipinski definition) is 1. The van der Waals surface area contributed by atoms with Gasteiger partial charge in [0.05, 0.1) is 12.2 Å². The van der Waals surface area contributed by atoms with Gasteiger partial charge in [0.25, 0.3) is 0 Å². The van der Waals surface area contributed by atoms with Gasteiger partial charge in [-0.3, -0.25) is 4.79 Å². The van der Waals surface area contributed by atoms with Crippen molar-refractivity contribution < 1.29 is 24.2 Å². The van der Waals surface area contributed by atoms with Gasteiger partial charge in [0.15, 0.2) is 5.78 Å². The highest BCUT2D eigenvalue weighted by Crippen LogP contribution is 2.35. The molecule has 0 saturated heterocycles. The summed E-state index contributed by atoms with van der Waals surface area (Å²) >= 11 is 12.8. The van der Waals surface area contributed by atoms with Crippen LogP contribution in [0.25, 0.3) is 11.1 Å². The Morgan fingerprint density at radius 1 is 1.00 bits per heavy atom. The Morgan fingerprint density at radius 2 is 1.72 bits per heavy atom. The van der Waals surface area contributed by atoms with E-state index in [4.69, 9.17) is 32.7 Å². The number of benzene rings is 3. The third kappa shape index (κ3) is 5.81. The summed E-state index contributed by atoms with van der Waals surface area (Å²) in [6.07, 6.45) is 0.412. The number of carbonyl (C=O) groups excluding carboxylic acids is 2. The number of phenols is 1. The standard InChI is InChI=1S/C25H22Cl2O5/c1-3-31-25(30)18-6-4-5-17(11-18)20-9-16(7-8-24(20)29)10-21-22(26)12-19(13-23(21)27)32-14-15(2)28/h4-9,11-13,29H,3,10,14H2,1-2H3. The third-order valence-corrected chi connectivity index (χ3v) is 5.36. The minimum absolute atomic E-state index is 0.0574. The maximum atomic E-state index is 12.1. The van der Waals surface area contributed by atoms with E-state index in [-0.39, 0.29) is 24.7 Å². The molecule has 3 rings (SSSR count). The first-order chi connectivity index (χ1) is 15.3. The second kappa shape index (κ2) is 10.5.